The van der Waals surface area contributed by atoms with Gasteiger partial charge in [0.15, 0.2) is 0 Å². The molecule has 0 spiro atoms. The topological polar surface area (TPSA) is 32.6 Å². The third kappa shape index (κ3) is 5.67. The molecule has 0 saturated heterocycles. The van der Waals surface area contributed by atoms with E-state index in [4.69, 9.17) is 16.8 Å². The SMILES string of the molecule is C[Si](C)(C)C#C/C(Cl)=N\O. The molecule has 0 fully saturated rings. The smallest absolute Gasteiger partial charge is 0.218 e. The first kappa shape index (κ1) is 9.54. The number of oxime groups is 1. The molecule has 2 nitrogen and oxygen atoms in total. The average Bonchev–Trinajstić information content (AvgIpc) is 1.81. The van der Waals surface area contributed by atoms with Crippen LogP contribution in [0.15, 0.2) is 5.16 Å². The van der Waals surface area contributed by atoms with E-state index in [9.17, 15) is 0 Å². The van der Waals surface area contributed by atoms with E-state index in [1.165, 1.54) is 0 Å². The van der Waals surface area contributed by atoms with E-state index in [1.807, 2.05) is 0 Å². The minimum absolute atomic E-state index is 0.0394. The second-order valence-corrected chi connectivity index (χ2v) is 8.00. The Labute approximate surface area is 66.9 Å². The lowest BCUT2D eigenvalue weighted by Crippen LogP contribution is -2.16. The lowest BCUT2D eigenvalue weighted by Gasteiger charge is -2.02. The van der Waals surface area contributed by atoms with Crippen molar-refractivity contribution in [2.75, 3.05) is 0 Å². The van der Waals surface area contributed by atoms with E-state index < -0.39 is 8.07 Å². The van der Waals surface area contributed by atoms with Crippen molar-refractivity contribution < 1.29 is 5.21 Å². The fourth-order valence-corrected chi connectivity index (χ4v) is 0.884. The van der Waals surface area contributed by atoms with Gasteiger partial charge in [0.05, 0.1) is 0 Å². The van der Waals surface area contributed by atoms with Gasteiger partial charge in [-0.2, -0.15) is 0 Å². The Morgan fingerprint density at radius 2 is 2.00 bits per heavy atom. The summed E-state index contributed by atoms with van der Waals surface area (Å²) in [5.74, 6) is 2.55. The average molecular weight is 176 g/mol. The second-order valence-electron chi connectivity index (χ2n) is 2.89. The summed E-state index contributed by atoms with van der Waals surface area (Å²) in [6, 6.07) is 0. The molecule has 1 N–H and O–H groups in total. The highest BCUT2D eigenvalue weighted by atomic mass is 35.5. The molecule has 0 aromatic carbocycles. The van der Waals surface area contributed by atoms with Crippen molar-refractivity contribution in [2.24, 2.45) is 5.16 Å². The summed E-state index contributed by atoms with van der Waals surface area (Å²) in [6.45, 7) is 6.25. The standard InChI is InChI=1S/C6H10ClNOSi/c1-10(2,3)5-4-6(7)8-9/h9H,1-3H3/b8-6+. The van der Waals surface area contributed by atoms with Crippen LogP contribution in [0, 0.1) is 11.5 Å². The highest BCUT2D eigenvalue weighted by molar-refractivity contribution is 6.84. The second kappa shape index (κ2) is 3.64. The number of hydrogen-bond acceptors (Lipinski definition) is 2. The molecule has 0 aliphatic heterocycles. The first-order valence-electron chi connectivity index (χ1n) is 2.86. The van der Waals surface area contributed by atoms with Crippen LogP contribution in [0.5, 0.6) is 0 Å². The maximum atomic E-state index is 8.10. The van der Waals surface area contributed by atoms with Crippen LogP contribution in [0.1, 0.15) is 0 Å². The highest BCUT2D eigenvalue weighted by Gasteiger charge is 2.07. The maximum absolute atomic E-state index is 8.10. The molecule has 0 bridgehead atoms. The van der Waals surface area contributed by atoms with Crippen molar-refractivity contribution in [3.8, 4) is 11.5 Å². The fourth-order valence-electron chi connectivity index (χ4n) is 0.264. The zero-order valence-corrected chi connectivity index (χ0v) is 8.03. The Kier molecular flexibility index (Phi) is 3.47. The molecular weight excluding hydrogens is 166 g/mol. The zero-order chi connectivity index (χ0) is 8.20. The minimum atomic E-state index is -1.37. The summed E-state index contributed by atoms with van der Waals surface area (Å²) < 4.78 is 0. The van der Waals surface area contributed by atoms with Crippen LogP contribution in [0.4, 0.5) is 0 Å². The lowest BCUT2D eigenvalue weighted by molar-refractivity contribution is 0.321. The predicted molar refractivity (Wildman–Crippen MR) is 46.2 cm³/mol. The summed E-state index contributed by atoms with van der Waals surface area (Å²) in [5, 5.41) is 10.8. The summed E-state index contributed by atoms with van der Waals surface area (Å²) in [5.41, 5.74) is 2.94. The lowest BCUT2D eigenvalue weighted by atomic mass is 10.8. The van der Waals surface area contributed by atoms with E-state index in [2.05, 4.69) is 36.3 Å². The zero-order valence-electron chi connectivity index (χ0n) is 6.27. The van der Waals surface area contributed by atoms with E-state index >= 15 is 0 Å². The summed E-state index contributed by atoms with van der Waals surface area (Å²) in [6.07, 6.45) is 0. The highest BCUT2D eigenvalue weighted by Crippen LogP contribution is 1.96. The number of halogens is 1. The van der Waals surface area contributed by atoms with Crippen LogP contribution in [-0.2, 0) is 0 Å². The van der Waals surface area contributed by atoms with Crippen LogP contribution in [0.3, 0.4) is 0 Å². The van der Waals surface area contributed by atoms with Crippen LogP contribution in [-0.4, -0.2) is 18.5 Å². The van der Waals surface area contributed by atoms with Gasteiger partial charge < -0.3 is 5.21 Å². The van der Waals surface area contributed by atoms with Crippen molar-refractivity contribution in [2.45, 2.75) is 19.6 Å². The van der Waals surface area contributed by atoms with Gasteiger partial charge in [0.1, 0.15) is 8.07 Å². The quantitative estimate of drug-likeness (QED) is 0.197. The van der Waals surface area contributed by atoms with Crippen molar-refractivity contribution in [3.63, 3.8) is 0 Å². The normalized spacial score (nSPS) is 12.2. The molecule has 0 saturated carbocycles. The Balaban J connectivity index is 4.19. The van der Waals surface area contributed by atoms with E-state index in [-0.39, 0.29) is 5.17 Å². The predicted octanol–water partition coefficient (Wildman–Crippen LogP) is 1.89. The van der Waals surface area contributed by atoms with Crippen molar-refractivity contribution >= 4 is 24.8 Å². The largest absolute Gasteiger partial charge is 0.409 e. The van der Waals surface area contributed by atoms with Gasteiger partial charge in [0, 0.05) is 0 Å². The molecule has 10 heavy (non-hydrogen) atoms. The Morgan fingerprint density at radius 3 is 2.30 bits per heavy atom. The van der Waals surface area contributed by atoms with Gasteiger partial charge in [-0.3, -0.25) is 0 Å². The van der Waals surface area contributed by atoms with Crippen molar-refractivity contribution in [1.82, 2.24) is 0 Å². The minimum Gasteiger partial charge on any atom is -0.409 e. The Morgan fingerprint density at radius 1 is 1.50 bits per heavy atom. The molecule has 0 amide bonds. The monoisotopic (exact) mass is 175 g/mol. The molecular formula is C6H10ClNOSi. The molecule has 0 atom stereocenters. The van der Waals surface area contributed by atoms with Gasteiger partial charge >= 0.3 is 0 Å². The molecule has 0 aliphatic rings. The van der Waals surface area contributed by atoms with Crippen LogP contribution in [0.25, 0.3) is 0 Å². The Hall–Kier alpha value is -0.463. The van der Waals surface area contributed by atoms with Crippen LogP contribution < -0.4 is 0 Å². The summed E-state index contributed by atoms with van der Waals surface area (Å²) in [4.78, 5) is 0. The third-order valence-corrected chi connectivity index (χ3v) is 1.67. The first-order valence-corrected chi connectivity index (χ1v) is 6.74. The molecule has 0 radical (unpaired) electrons. The van der Waals surface area contributed by atoms with Gasteiger partial charge in [0.25, 0.3) is 0 Å². The number of hydrogen-bond donors (Lipinski definition) is 1. The van der Waals surface area contributed by atoms with Gasteiger partial charge in [-0.1, -0.05) is 24.8 Å². The molecule has 0 aliphatic carbocycles. The van der Waals surface area contributed by atoms with E-state index in [1.54, 1.807) is 0 Å². The molecule has 0 unspecified atom stereocenters. The van der Waals surface area contributed by atoms with Crippen LogP contribution >= 0.6 is 11.6 Å². The molecule has 0 heterocycles. The molecule has 0 aromatic heterocycles. The van der Waals surface area contributed by atoms with Crippen molar-refractivity contribution in [3.05, 3.63) is 0 Å². The maximum Gasteiger partial charge on any atom is 0.218 e. The van der Waals surface area contributed by atoms with Gasteiger partial charge in [0.2, 0.25) is 5.17 Å². The van der Waals surface area contributed by atoms with Gasteiger partial charge in [-0.15, -0.1) is 5.54 Å². The number of rotatable bonds is 0. The van der Waals surface area contributed by atoms with E-state index in [0.29, 0.717) is 0 Å². The number of nitrogens with zero attached hydrogens (tertiary/aromatic N) is 1. The summed E-state index contributed by atoms with van der Waals surface area (Å²) >= 11 is 5.32. The fraction of sp³-hybridized carbons (Fsp3) is 0.500. The van der Waals surface area contributed by atoms with Crippen molar-refractivity contribution in [1.29, 1.82) is 0 Å². The molecule has 4 heteroatoms. The van der Waals surface area contributed by atoms with Gasteiger partial charge in [-0.25, -0.2) is 0 Å². The first-order chi connectivity index (χ1) is 4.45. The van der Waals surface area contributed by atoms with Gasteiger partial charge in [-0.05, 0) is 17.5 Å². The molecule has 0 aromatic rings. The third-order valence-electron chi connectivity index (χ3n) is 0.628. The molecule has 56 valence electrons. The molecule has 0 rings (SSSR count). The Bertz CT molecular complexity index is 196. The summed E-state index contributed by atoms with van der Waals surface area (Å²) in [7, 11) is -1.37. The van der Waals surface area contributed by atoms with E-state index in [0.717, 1.165) is 0 Å². The van der Waals surface area contributed by atoms with Crippen LogP contribution in [0.2, 0.25) is 19.6 Å².